The number of rotatable bonds is 6. The minimum Gasteiger partial charge on any atom is -0.313 e. The van der Waals surface area contributed by atoms with Crippen molar-refractivity contribution in [3.8, 4) is 0 Å². The number of nitrogens with zero attached hydrogens (tertiary/aromatic N) is 1. The SMILES string of the molecule is CCCNC/C=C/c1ccc([N+](=O)[O-])s1. The summed E-state index contributed by atoms with van der Waals surface area (Å²) in [7, 11) is 0. The van der Waals surface area contributed by atoms with Gasteiger partial charge in [-0.1, -0.05) is 24.3 Å². The number of nitrogens with one attached hydrogen (secondary N) is 1. The Morgan fingerprint density at radius 1 is 1.60 bits per heavy atom. The fourth-order valence-corrected chi connectivity index (χ4v) is 1.82. The largest absolute Gasteiger partial charge is 0.324 e. The van der Waals surface area contributed by atoms with E-state index in [1.807, 2.05) is 12.2 Å². The monoisotopic (exact) mass is 226 g/mol. The molecule has 1 N–H and O–H groups in total. The van der Waals surface area contributed by atoms with Crippen molar-refractivity contribution in [3.05, 3.63) is 33.2 Å². The molecule has 1 aromatic heterocycles. The molecule has 0 saturated carbocycles. The Balaban J connectivity index is 2.39. The van der Waals surface area contributed by atoms with E-state index < -0.39 is 0 Å². The molecular weight excluding hydrogens is 212 g/mol. The van der Waals surface area contributed by atoms with E-state index in [0.29, 0.717) is 0 Å². The minimum atomic E-state index is -0.364. The van der Waals surface area contributed by atoms with Gasteiger partial charge >= 0.3 is 5.00 Å². The molecule has 1 rings (SSSR count). The Hall–Kier alpha value is -1.20. The molecule has 0 bridgehead atoms. The highest BCUT2D eigenvalue weighted by molar-refractivity contribution is 7.16. The molecule has 1 aromatic rings. The maximum Gasteiger partial charge on any atom is 0.324 e. The molecule has 0 aromatic carbocycles. The normalized spacial score (nSPS) is 11.0. The second-order valence-corrected chi connectivity index (χ2v) is 4.13. The quantitative estimate of drug-likeness (QED) is 0.461. The molecular formula is C10H14N2O2S. The summed E-state index contributed by atoms with van der Waals surface area (Å²) in [6.07, 6.45) is 4.99. The molecule has 15 heavy (non-hydrogen) atoms. The van der Waals surface area contributed by atoms with Gasteiger partial charge < -0.3 is 5.32 Å². The maximum atomic E-state index is 10.4. The summed E-state index contributed by atoms with van der Waals surface area (Å²) in [4.78, 5) is 11.0. The van der Waals surface area contributed by atoms with Gasteiger partial charge in [-0.3, -0.25) is 10.1 Å². The third-order valence-corrected chi connectivity index (χ3v) is 2.77. The van der Waals surface area contributed by atoms with Gasteiger partial charge in [0.1, 0.15) is 0 Å². The first-order chi connectivity index (χ1) is 7.24. The van der Waals surface area contributed by atoms with E-state index in [-0.39, 0.29) is 9.92 Å². The van der Waals surface area contributed by atoms with Crippen LogP contribution in [-0.2, 0) is 0 Å². The lowest BCUT2D eigenvalue weighted by Crippen LogP contribution is -2.13. The summed E-state index contributed by atoms with van der Waals surface area (Å²) in [6.45, 7) is 3.91. The minimum absolute atomic E-state index is 0.191. The van der Waals surface area contributed by atoms with Crippen LogP contribution in [0.5, 0.6) is 0 Å². The first-order valence-corrected chi connectivity index (χ1v) is 5.67. The molecule has 0 radical (unpaired) electrons. The van der Waals surface area contributed by atoms with E-state index in [1.165, 1.54) is 17.4 Å². The van der Waals surface area contributed by atoms with Crippen LogP contribution in [0.15, 0.2) is 18.2 Å². The summed E-state index contributed by atoms with van der Waals surface area (Å²) < 4.78 is 0. The predicted octanol–water partition coefficient (Wildman–Crippen LogP) is 2.67. The van der Waals surface area contributed by atoms with Crippen molar-refractivity contribution in [2.45, 2.75) is 13.3 Å². The van der Waals surface area contributed by atoms with Crippen LogP contribution in [0, 0.1) is 10.1 Å². The van der Waals surface area contributed by atoms with E-state index in [4.69, 9.17) is 0 Å². The van der Waals surface area contributed by atoms with Gasteiger partial charge in [0.05, 0.1) is 4.92 Å². The van der Waals surface area contributed by atoms with Crippen LogP contribution in [0.4, 0.5) is 5.00 Å². The predicted molar refractivity (Wildman–Crippen MR) is 63.2 cm³/mol. The Morgan fingerprint density at radius 3 is 3.00 bits per heavy atom. The van der Waals surface area contributed by atoms with E-state index in [2.05, 4.69) is 12.2 Å². The zero-order chi connectivity index (χ0) is 11.1. The van der Waals surface area contributed by atoms with Crippen molar-refractivity contribution in [1.29, 1.82) is 0 Å². The number of nitro groups is 1. The fourth-order valence-electron chi connectivity index (χ4n) is 1.07. The molecule has 0 aliphatic rings. The number of thiophene rings is 1. The Kier molecular flexibility index (Phi) is 5.00. The van der Waals surface area contributed by atoms with Gasteiger partial charge in [-0.05, 0) is 25.1 Å². The average Bonchev–Trinajstić information content (AvgIpc) is 2.66. The Labute approximate surface area is 92.8 Å². The van der Waals surface area contributed by atoms with Gasteiger partial charge in [-0.2, -0.15) is 0 Å². The molecule has 1 heterocycles. The van der Waals surface area contributed by atoms with Crippen molar-refractivity contribution in [2.24, 2.45) is 0 Å². The third-order valence-electron chi connectivity index (χ3n) is 1.76. The molecule has 0 unspecified atom stereocenters. The lowest BCUT2D eigenvalue weighted by Gasteiger charge is -1.94. The molecule has 0 amide bonds. The van der Waals surface area contributed by atoms with E-state index in [0.717, 1.165) is 24.4 Å². The molecule has 0 spiro atoms. The van der Waals surface area contributed by atoms with Crippen LogP contribution < -0.4 is 5.32 Å². The van der Waals surface area contributed by atoms with Crippen molar-refractivity contribution >= 4 is 22.4 Å². The lowest BCUT2D eigenvalue weighted by molar-refractivity contribution is -0.380. The maximum absolute atomic E-state index is 10.4. The molecule has 0 aliphatic heterocycles. The van der Waals surface area contributed by atoms with Crippen molar-refractivity contribution in [2.75, 3.05) is 13.1 Å². The topological polar surface area (TPSA) is 55.2 Å². The van der Waals surface area contributed by atoms with Gasteiger partial charge in [0.15, 0.2) is 0 Å². The van der Waals surface area contributed by atoms with Gasteiger partial charge in [-0.25, -0.2) is 0 Å². The number of hydrogen-bond acceptors (Lipinski definition) is 4. The van der Waals surface area contributed by atoms with Crippen LogP contribution in [0.2, 0.25) is 0 Å². The standard InChI is InChI=1S/C10H14N2O2S/c1-2-7-11-8-3-4-9-5-6-10(15-9)12(13)14/h3-6,11H,2,7-8H2,1H3/b4-3+. The van der Waals surface area contributed by atoms with Crippen LogP contribution in [0.1, 0.15) is 18.2 Å². The first-order valence-electron chi connectivity index (χ1n) is 4.85. The van der Waals surface area contributed by atoms with Crippen molar-refractivity contribution in [1.82, 2.24) is 5.32 Å². The van der Waals surface area contributed by atoms with E-state index in [1.54, 1.807) is 6.07 Å². The van der Waals surface area contributed by atoms with Crippen LogP contribution >= 0.6 is 11.3 Å². The van der Waals surface area contributed by atoms with Crippen LogP contribution in [0.25, 0.3) is 6.08 Å². The lowest BCUT2D eigenvalue weighted by atomic mass is 10.4. The highest BCUT2D eigenvalue weighted by atomic mass is 32.1. The van der Waals surface area contributed by atoms with E-state index in [9.17, 15) is 10.1 Å². The summed E-state index contributed by atoms with van der Waals surface area (Å²) in [5.41, 5.74) is 0. The van der Waals surface area contributed by atoms with Gasteiger partial charge in [0.25, 0.3) is 0 Å². The van der Waals surface area contributed by atoms with Gasteiger partial charge in [0.2, 0.25) is 0 Å². The summed E-state index contributed by atoms with van der Waals surface area (Å²) in [5.74, 6) is 0. The highest BCUT2D eigenvalue weighted by Gasteiger charge is 2.06. The fraction of sp³-hybridized carbons (Fsp3) is 0.400. The summed E-state index contributed by atoms with van der Waals surface area (Å²) in [5, 5.41) is 13.8. The first kappa shape index (κ1) is 11.9. The molecule has 5 heteroatoms. The van der Waals surface area contributed by atoms with Crippen LogP contribution in [0.3, 0.4) is 0 Å². The smallest absolute Gasteiger partial charge is 0.313 e. The molecule has 82 valence electrons. The molecule has 0 fully saturated rings. The Bertz CT molecular complexity index is 347. The molecule has 0 saturated heterocycles. The zero-order valence-electron chi connectivity index (χ0n) is 8.60. The van der Waals surface area contributed by atoms with Crippen molar-refractivity contribution in [3.63, 3.8) is 0 Å². The molecule has 0 atom stereocenters. The summed E-state index contributed by atoms with van der Waals surface area (Å²) in [6, 6.07) is 3.29. The average molecular weight is 226 g/mol. The van der Waals surface area contributed by atoms with Gasteiger partial charge in [-0.15, -0.1) is 0 Å². The van der Waals surface area contributed by atoms with E-state index >= 15 is 0 Å². The highest BCUT2D eigenvalue weighted by Crippen LogP contribution is 2.24. The molecule has 0 aliphatic carbocycles. The molecule has 4 nitrogen and oxygen atoms in total. The third kappa shape index (κ3) is 4.22. The Morgan fingerprint density at radius 2 is 2.40 bits per heavy atom. The summed E-state index contributed by atoms with van der Waals surface area (Å²) >= 11 is 1.19. The van der Waals surface area contributed by atoms with Crippen LogP contribution in [-0.4, -0.2) is 18.0 Å². The zero-order valence-corrected chi connectivity index (χ0v) is 9.42. The number of hydrogen-bond donors (Lipinski definition) is 1. The van der Waals surface area contributed by atoms with Gasteiger partial charge in [0, 0.05) is 17.5 Å². The second-order valence-electron chi connectivity index (χ2n) is 3.04. The van der Waals surface area contributed by atoms with Crippen molar-refractivity contribution < 1.29 is 4.92 Å². The second kappa shape index (κ2) is 6.31.